The van der Waals surface area contributed by atoms with Gasteiger partial charge in [-0.2, -0.15) is 0 Å². The molecule has 27 heavy (non-hydrogen) atoms. The van der Waals surface area contributed by atoms with E-state index in [1.54, 1.807) is 12.3 Å². The van der Waals surface area contributed by atoms with Gasteiger partial charge in [0, 0.05) is 18.1 Å². The van der Waals surface area contributed by atoms with Gasteiger partial charge in [0.05, 0.1) is 22.6 Å². The molecule has 0 fully saturated rings. The number of nitrogens with one attached hydrogen (secondary N) is 1. The van der Waals surface area contributed by atoms with E-state index in [1.807, 2.05) is 35.7 Å². The van der Waals surface area contributed by atoms with Crippen molar-refractivity contribution in [3.8, 4) is 11.4 Å². The maximum atomic E-state index is 13.9. The van der Waals surface area contributed by atoms with Crippen LogP contribution in [0.25, 0.3) is 17.0 Å². The van der Waals surface area contributed by atoms with Crippen molar-refractivity contribution in [3.05, 3.63) is 71.9 Å². The summed E-state index contributed by atoms with van der Waals surface area (Å²) in [4.78, 5) is 24.1. The number of carboxylic acid groups (broad SMARTS) is 1. The molecule has 3 heterocycles. The first-order valence-electron chi connectivity index (χ1n) is 8.10. The zero-order chi connectivity index (χ0) is 19.0. The average Bonchev–Trinajstić information content (AvgIpc) is 2.97. The molecule has 134 valence electrons. The Morgan fingerprint density at radius 2 is 2.04 bits per heavy atom. The molecular weight excluding hydrogens is 349 g/mol. The molecule has 1 aromatic carbocycles. The minimum Gasteiger partial charge on any atom is -0.478 e. The number of hydrogen-bond donors (Lipinski definition) is 2. The van der Waals surface area contributed by atoms with Gasteiger partial charge in [-0.3, -0.25) is 4.40 Å². The van der Waals surface area contributed by atoms with Gasteiger partial charge < -0.3 is 10.4 Å². The van der Waals surface area contributed by atoms with E-state index in [1.165, 1.54) is 12.1 Å². The van der Waals surface area contributed by atoms with Crippen molar-refractivity contribution in [2.24, 2.45) is 0 Å². The number of hydrogen-bond acceptors (Lipinski definition) is 5. The molecule has 0 unspecified atom stereocenters. The number of imidazole rings is 1. The van der Waals surface area contributed by atoms with Crippen molar-refractivity contribution in [3.63, 3.8) is 0 Å². The van der Waals surface area contributed by atoms with Crippen molar-refractivity contribution < 1.29 is 14.3 Å². The van der Waals surface area contributed by atoms with Gasteiger partial charge in [0.1, 0.15) is 11.5 Å². The highest BCUT2D eigenvalue weighted by atomic mass is 19.1. The van der Waals surface area contributed by atoms with Gasteiger partial charge >= 0.3 is 5.97 Å². The van der Waals surface area contributed by atoms with Gasteiger partial charge in [0.2, 0.25) is 5.95 Å². The molecule has 0 saturated heterocycles. The van der Waals surface area contributed by atoms with Crippen LogP contribution in [0.15, 0.2) is 54.9 Å². The third kappa shape index (κ3) is 3.08. The molecule has 0 aliphatic heterocycles. The predicted molar refractivity (Wildman–Crippen MR) is 97.6 cm³/mol. The Morgan fingerprint density at radius 3 is 2.81 bits per heavy atom. The van der Waals surface area contributed by atoms with E-state index in [-0.39, 0.29) is 5.95 Å². The molecule has 4 aromatic rings. The van der Waals surface area contributed by atoms with Crippen LogP contribution in [0.2, 0.25) is 0 Å². The molecule has 0 bridgehead atoms. The molecule has 3 aromatic heterocycles. The Morgan fingerprint density at radius 1 is 1.19 bits per heavy atom. The van der Waals surface area contributed by atoms with Crippen molar-refractivity contribution in [2.75, 3.05) is 5.32 Å². The van der Waals surface area contributed by atoms with Gasteiger partial charge in [-0.1, -0.05) is 6.07 Å². The van der Waals surface area contributed by atoms with E-state index in [9.17, 15) is 9.18 Å². The number of halogens is 1. The van der Waals surface area contributed by atoms with Crippen LogP contribution < -0.4 is 5.32 Å². The number of carboxylic acids is 1. The predicted octanol–water partition coefficient (Wildman–Crippen LogP) is 3.68. The van der Waals surface area contributed by atoms with Crippen molar-refractivity contribution in [1.82, 2.24) is 19.4 Å². The summed E-state index contributed by atoms with van der Waals surface area (Å²) in [6.07, 6.45) is 3.49. The normalized spacial score (nSPS) is 10.9. The molecule has 0 spiro atoms. The number of aryl methyl sites for hydroxylation is 1. The number of aromatic nitrogens is 4. The first kappa shape index (κ1) is 16.6. The van der Waals surface area contributed by atoms with Crippen LogP contribution in [0.3, 0.4) is 0 Å². The topological polar surface area (TPSA) is 92.4 Å². The average molecular weight is 363 g/mol. The van der Waals surface area contributed by atoms with E-state index in [2.05, 4.69) is 20.3 Å². The third-order valence-corrected chi connectivity index (χ3v) is 4.06. The van der Waals surface area contributed by atoms with Gasteiger partial charge in [0.15, 0.2) is 0 Å². The molecule has 0 aliphatic carbocycles. The van der Waals surface area contributed by atoms with Crippen LogP contribution in [0, 0.1) is 12.7 Å². The van der Waals surface area contributed by atoms with Crippen LogP contribution in [0.1, 0.15) is 16.1 Å². The number of rotatable bonds is 4. The summed E-state index contributed by atoms with van der Waals surface area (Å²) in [5.74, 6) is -1.89. The Bertz CT molecular complexity index is 1170. The van der Waals surface area contributed by atoms with Crippen LogP contribution in [-0.4, -0.2) is 30.4 Å². The lowest BCUT2D eigenvalue weighted by Gasteiger charge is -2.08. The molecule has 0 amide bonds. The fourth-order valence-corrected chi connectivity index (χ4v) is 2.87. The minimum absolute atomic E-state index is 0.264. The molecule has 4 rings (SSSR count). The summed E-state index contributed by atoms with van der Waals surface area (Å²) in [5.41, 5.74) is 3.09. The van der Waals surface area contributed by atoms with Gasteiger partial charge in [0.25, 0.3) is 0 Å². The fraction of sp³-hybridized carbons (Fsp3) is 0.0526. The third-order valence-electron chi connectivity index (χ3n) is 4.06. The number of pyridine rings is 1. The molecule has 0 atom stereocenters. The monoisotopic (exact) mass is 363 g/mol. The van der Waals surface area contributed by atoms with Gasteiger partial charge in [-0.25, -0.2) is 24.1 Å². The van der Waals surface area contributed by atoms with Gasteiger partial charge in [-0.15, -0.1) is 0 Å². The lowest BCUT2D eigenvalue weighted by Crippen LogP contribution is -2.03. The second kappa shape index (κ2) is 6.49. The first-order valence-corrected chi connectivity index (χ1v) is 8.10. The highest BCUT2D eigenvalue weighted by molar-refractivity contribution is 5.88. The zero-order valence-corrected chi connectivity index (χ0v) is 14.2. The molecular formula is C19H14FN5O2. The van der Waals surface area contributed by atoms with E-state index in [4.69, 9.17) is 5.11 Å². The van der Waals surface area contributed by atoms with Crippen molar-refractivity contribution in [2.45, 2.75) is 6.92 Å². The highest BCUT2D eigenvalue weighted by Crippen LogP contribution is 2.24. The second-order valence-electron chi connectivity index (χ2n) is 5.86. The Balaban J connectivity index is 1.70. The van der Waals surface area contributed by atoms with E-state index < -0.39 is 17.3 Å². The van der Waals surface area contributed by atoms with Crippen LogP contribution in [0.5, 0.6) is 0 Å². The molecule has 0 saturated carbocycles. The largest absolute Gasteiger partial charge is 0.478 e. The van der Waals surface area contributed by atoms with Crippen LogP contribution >= 0.6 is 0 Å². The molecule has 0 aliphatic rings. The summed E-state index contributed by atoms with van der Waals surface area (Å²) in [5, 5.41) is 11.8. The Hall–Kier alpha value is -3.81. The van der Waals surface area contributed by atoms with Crippen LogP contribution in [-0.2, 0) is 0 Å². The number of anilines is 2. The fourth-order valence-electron chi connectivity index (χ4n) is 2.87. The molecule has 2 N–H and O–H groups in total. The number of aromatic carboxylic acids is 1. The first-order chi connectivity index (χ1) is 13.0. The Labute approximate surface area is 153 Å². The summed E-state index contributed by atoms with van der Waals surface area (Å²) in [6.45, 7) is 1.90. The standard InChI is InChI=1S/C19H14FN5O2/c1-11-17(25-9-3-2-4-16(25)22-11)15-7-8-21-19(24-15)23-12-5-6-13(18(26)27)14(20)10-12/h2-10H,1H3,(H,26,27)(H,21,23,24). The number of carbonyl (C=O) groups is 1. The number of benzene rings is 1. The SMILES string of the molecule is Cc1nc2ccccn2c1-c1ccnc(Nc2ccc(C(=O)O)c(F)c2)n1. The number of fused-ring (bicyclic) bond motifs is 1. The molecule has 8 heteroatoms. The minimum atomic E-state index is -1.32. The summed E-state index contributed by atoms with van der Waals surface area (Å²) < 4.78 is 15.8. The number of nitrogens with zero attached hydrogens (tertiary/aromatic N) is 4. The zero-order valence-electron chi connectivity index (χ0n) is 14.2. The lowest BCUT2D eigenvalue weighted by molar-refractivity contribution is 0.0692. The van der Waals surface area contributed by atoms with Gasteiger partial charge in [-0.05, 0) is 43.3 Å². The van der Waals surface area contributed by atoms with Crippen molar-refractivity contribution in [1.29, 1.82) is 0 Å². The second-order valence-corrected chi connectivity index (χ2v) is 5.86. The van der Waals surface area contributed by atoms with Crippen molar-refractivity contribution >= 4 is 23.3 Å². The van der Waals surface area contributed by atoms with Crippen LogP contribution in [0.4, 0.5) is 16.0 Å². The summed E-state index contributed by atoms with van der Waals surface area (Å²) in [7, 11) is 0. The Kier molecular flexibility index (Phi) is 4.00. The molecule has 7 nitrogen and oxygen atoms in total. The maximum absolute atomic E-state index is 13.9. The highest BCUT2D eigenvalue weighted by Gasteiger charge is 2.14. The summed E-state index contributed by atoms with van der Waals surface area (Å²) >= 11 is 0. The lowest BCUT2D eigenvalue weighted by atomic mass is 10.2. The smallest absolute Gasteiger partial charge is 0.338 e. The quantitative estimate of drug-likeness (QED) is 0.575. The molecule has 0 radical (unpaired) electrons. The van der Waals surface area contributed by atoms with E-state index in [0.29, 0.717) is 11.4 Å². The van der Waals surface area contributed by atoms with E-state index in [0.717, 1.165) is 23.1 Å². The van der Waals surface area contributed by atoms with E-state index >= 15 is 0 Å². The maximum Gasteiger partial charge on any atom is 0.338 e. The summed E-state index contributed by atoms with van der Waals surface area (Å²) in [6, 6.07) is 11.2.